The summed E-state index contributed by atoms with van der Waals surface area (Å²) in [5.41, 5.74) is 1.40. The summed E-state index contributed by atoms with van der Waals surface area (Å²) in [5.74, 6) is 0.00531. The van der Waals surface area contributed by atoms with Gasteiger partial charge >= 0.3 is 5.97 Å². The molecule has 0 aliphatic carbocycles. The zero-order valence-corrected chi connectivity index (χ0v) is 10.4. The third-order valence-electron chi connectivity index (χ3n) is 2.99. The summed E-state index contributed by atoms with van der Waals surface area (Å²) >= 11 is 0. The molecule has 0 bridgehead atoms. The van der Waals surface area contributed by atoms with Gasteiger partial charge in [-0.25, -0.2) is 4.79 Å². The second-order valence-electron chi connectivity index (χ2n) is 4.31. The van der Waals surface area contributed by atoms with Crippen molar-refractivity contribution in [3.63, 3.8) is 0 Å². The molecule has 0 amide bonds. The van der Waals surface area contributed by atoms with Crippen LogP contribution in [0.4, 0.5) is 5.69 Å². The van der Waals surface area contributed by atoms with Crippen LogP contribution < -0.4 is 9.64 Å². The van der Waals surface area contributed by atoms with Crippen molar-refractivity contribution in [1.82, 2.24) is 0 Å². The predicted molar refractivity (Wildman–Crippen MR) is 70.2 cm³/mol. The van der Waals surface area contributed by atoms with Crippen LogP contribution in [0.15, 0.2) is 35.9 Å². The molecule has 18 heavy (non-hydrogen) atoms. The number of aliphatic carboxylic acids is 1. The zero-order chi connectivity index (χ0) is 13.0. The predicted octanol–water partition coefficient (Wildman–Crippen LogP) is 2.31. The molecule has 1 aromatic carbocycles. The van der Waals surface area contributed by atoms with Gasteiger partial charge in [0.05, 0.1) is 12.3 Å². The van der Waals surface area contributed by atoms with Crippen LogP contribution in [0.2, 0.25) is 0 Å². The lowest BCUT2D eigenvalue weighted by Gasteiger charge is -2.22. The largest absolute Gasteiger partial charge is 0.491 e. The molecule has 0 radical (unpaired) electrons. The highest BCUT2D eigenvalue weighted by molar-refractivity contribution is 5.85. The van der Waals surface area contributed by atoms with Gasteiger partial charge in [-0.15, -0.1) is 0 Å². The van der Waals surface area contributed by atoms with Gasteiger partial charge in [0.25, 0.3) is 0 Å². The smallest absolute Gasteiger partial charge is 0.331 e. The standard InChI is InChI=1S/C14H17NO3/c1-11(14(16)17)7-9-15-8-4-10-18-13-6-3-2-5-12(13)15/h2-3,5-7H,4,8-10H2,1H3,(H,16,17)/b11-7-. The molecule has 1 aliphatic rings. The van der Waals surface area contributed by atoms with Gasteiger partial charge in [-0.1, -0.05) is 18.2 Å². The number of rotatable bonds is 3. The van der Waals surface area contributed by atoms with E-state index in [2.05, 4.69) is 4.90 Å². The first-order chi connectivity index (χ1) is 8.68. The maximum atomic E-state index is 10.8. The van der Waals surface area contributed by atoms with Crippen LogP contribution in [-0.4, -0.2) is 30.8 Å². The van der Waals surface area contributed by atoms with Gasteiger partial charge in [-0.2, -0.15) is 0 Å². The second-order valence-corrected chi connectivity index (χ2v) is 4.31. The molecule has 2 rings (SSSR count). The fourth-order valence-corrected chi connectivity index (χ4v) is 1.92. The highest BCUT2D eigenvalue weighted by Gasteiger charge is 2.14. The van der Waals surface area contributed by atoms with Crippen molar-refractivity contribution in [3.8, 4) is 5.75 Å². The van der Waals surface area contributed by atoms with Crippen LogP contribution in [0, 0.1) is 0 Å². The quantitative estimate of drug-likeness (QED) is 0.833. The molecule has 4 nitrogen and oxygen atoms in total. The SMILES string of the molecule is C/C(=C/CN1CCCOc2ccccc21)C(=O)O. The fraction of sp³-hybridized carbons (Fsp3) is 0.357. The molecular formula is C14H17NO3. The minimum Gasteiger partial charge on any atom is -0.491 e. The lowest BCUT2D eigenvalue weighted by Crippen LogP contribution is -2.24. The number of ether oxygens (including phenoxy) is 1. The maximum Gasteiger partial charge on any atom is 0.331 e. The Hall–Kier alpha value is -1.97. The Morgan fingerprint density at radius 1 is 1.50 bits per heavy atom. The number of para-hydroxylation sites is 2. The van der Waals surface area contributed by atoms with Crippen molar-refractivity contribution < 1.29 is 14.6 Å². The molecule has 1 aliphatic heterocycles. The Kier molecular flexibility index (Phi) is 3.87. The molecule has 96 valence electrons. The van der Waals surface area contributed by atoms with E-state index in [-0.39, 0.29) is 0 Å². The van der Waals surface area contributed by atoms with Crippen molar-refractivity contribution in [3.05, 3.63) is 35.9 Å². The van der Waals surface area contributed by atoms with E-state index >= 15 is 0 Å². The number of anilines is 1. The van der Waals surface area contributed by atoms with Gasteiger partial charge < -0.3 is 14.7 Å². The summed E-state index contributed by atoms with van der Waals surface area (Å²) in [4.78, 5) is 12.9. The number of carboxylic acid groups (broad SMARTS) is 1. The molecule has 0 fully saturated rings. The summed E-state index contributed by atoms with van der Waals surface area (Å²) < 4.78 is 5.65. The maximum absolute atomic E-state index is 10.8. The molecule has 1 aromatic rings. The van der Waals surface area contributed by atoms with E-state index in [1.807, 2.05) is 24.3 Å². The van der Waals surface area contributed by atoms with Crippen LogP contribution in [0.1, 0.15) is 13.3 Å². The molecule has 0 spiro atoms. The number of hydrogen-bond donors (Lipinski definition) is 1. The van der Waals surface area contributed by atoms with E-state index in [0.29, 0.717) is 18.7 Å². The molecule has 0 atom stereocenters. The summed E-state index contributed by atoms with van der Waals surface area (Å²) in [7, 11) is 0. The van der Waals surface area contributed by atoms with Gasteiger partial charge in [-0.05, 0) is 25.5 Å². The van der Waals surface area contributed by atoms with E-state index in [0.717, 1.165) is 24.4 Å². The second kappa shape index (κ2) is 5.58. The molecular weight excluding hydrogens is 230 g/mol. The van der Waals surface area contributed by atoms with Gasteiger partial charge in [0.15, 0.2) is 0 Å². The Labute approximate surface area is 106 Å². The van der Waals surface area contributed by atoms with E-state index in [1.54, 1.807) is 13.0 Å². The normalized spacial score (nSPS) is 15.6. The molecule has 1 N–H and O–H groups in total. The van der Waals surface area contributed by atoms with Crippen LogP contribution in [0.5, 0.6) is 5.75 Å². The van der Waals surface area contributed by atoms with Crippen molar-refractivity contribution in [1.29, 1.82) is 0 Å². The van der Waals surface area contributed by atoms with Crippen molar-refractivity contribution >= 4 is 11.7 Å². The average Bonchev–Trinajstić information content (AvgIpc) is 2.58. The first-order valence-corrected chi connectivity index (χ1v) is 6.05. The van der Waals surface area contributed by atoms with Crippen molar-refractivity contribution in [2.24, 2.45) is 0 Å². The average molecular weight is 247 g/mol. The third-order valence-corrected chi connectivity index (χ3v) is 2.99. The van der Waals surface area contributed by atoms with Gasteiger partial charge in [0.2, 0.25) is 0 Å². The van der Waals surface area contributed by atoms with Crippen LogP contribution >= 0.6 is 0 Å². The summed E-state index contributed by atoms with van der Waals surface area (Å²) in [6.45, 7) is 3.79. The summed E-state index contributed by atoms with van der Waals surface area (Å²) in [5, 5.41) is 8.85. The van der Waals surface area contributed by atoms with Crippen LogP contribution in [0.25, 0.3) is 0 Å². The van der Waals surface area contributed by atoms with Crippen LogP contribution in [0.3, 0.4) is 0 Å². The fourth-order valence-electron chi connectivity index (χ4n) is 1.92. The number of nitrogens with zero attached hydrogens (tertiary/aromatic N) is 1. The number of carbonyl (C=O) groups is 1. The zero-order valence-electron chi connectivity index (χ0n) is 10.4. The molecule has 0 aromatic heterocycles. The number of carboxylic acids is 1. The Morgan fingerprint density at radius 2 is 2.28 bits per heavy atom. The molecule has 4 heteroatoms. The van der Waals surface area contributed by atoms with Gasteiger partial charge in [0.1, 0.15) is 5.75 Å². The topological polar surface area (TPSA) is 49.8 Å². The lowest BCUT2D eigenvalue weighted by molar-refractivity contribution is -0.132. The Balaban J connectivity index is 2.18. The van der Waals surface area contributed by atoms with Crippen LogP contribution in [-0.2, 0) is 4.79 Å². The van der Waals surface area contributed by atoms with E-state index in [1.165, 1.54) is 0 Å². The summed E-state index contributed by atoms with van der Waals surface area (Å²) in [6.07, 6.45) is 2.68. The van der Waals surface area contributed by atoms with Crippen molar-refractivity contribution in [2.45, 2.75) is 13.3 Å². The number of hydrogen-bond acceptors (Lipinski definition) is 3. The minimum atomic E-state index is -0.866. The van der Waals surface area contributed by atoms with Gasteiger partial charge in [0, 0.05) is 18.7 Å². The third kappa shape index (κ3) is 2.83. The van der Waals surface area contributed by atoms with Crippen molar-refractivity contribution in [2.75, 3.05) is 24.6 Å². The molecule has 1 heterocycles. The molecule has 0 saturated heterocycles. The highest BCUT2D eigenvalue weighted by atomic mass is 16.5. The van der Waals surface area contributed by atoms with E-state index in [4.69, 9.17) is 9.84 Å². The Bertz CT molecular complexity index is 468. The van der Waals surface area contributed by atoms with E-state index < -0.39 is 5.97 Å². The summed E-state index contributed by atoms with van der Waals surface area (Å²) in [6, 6.07) is 7.86. The first-order valence-electron chi connectivity index (χ1n) is 6.05. The van der Waals surface area contributed by atoms with E-state index in [9.17, 15) is 4.79 Å². The monoisotopic (exact) mass is 247 g/mol. The first kappa shape index (κ1) is 12.5. The Morgan fingerprint density at radius 3 is 3.06 bits per heavy atom. The number of fused-ring (bicyclic) bond motifs is 1. The number of benzene rings is 1. The lowest BCUT2D eigenvalue weighted by atomic mass is 10.2. The van der Waals surface area contributed by atoms with Gasteiger partial charge in [-0.3, -0.25) is 0 Å². The molecule has 0 unspecified atom stereocenters. The molecule has 0 saturated carbocycles. The minimum absolute atomic E-state index is 0.373. The highest BCUT2D eigenvalue weighted by Crippen LogP contribution is 2.30.